The van der Waals surface area contributed by atoms with E-state index >= 15 is 0 Å². The Morgan fingerprint density at radius 2 is 1.54 bits per heavy atom. The second kappa shape index (κ2) is 7.89. The van der Waals surface area contributed by atoms with Crippen molar-refractivity contribution in [1.29, 1.82) is 0 Å². The minimum Gasteiger partial charge on any atom is -0.465 e. The number of carboxylic acid groups (broad SMARTS) is 1. The van der Waals surface area contributed by atoms with Gasteiger partial charge >= 0.3 is 6.09 Å². The highest BCUT2D eigenvalue weighted by Crippen LogP contribution is 2.38. The maximum atomic E-state index is 12.0. The highest BCUT2D eigenvalue weighted by Gasteiger charge is 2.52. The minimum absolute atomic E-state index is 0.0820. The molecule has 1 heterocycles. The predicted octanol–water partition coefficient (Wildman–Crippen LogP) is 3.23. The van der Waals surface area contributed by atoms with Crippen molar-refractivity contribution in [3.8, 4) is 0 Å². The number of nitrogens with zero attached hydrogens (tertiary/aromatic N) is 1. The lowest BCUT2D eigenvalue weighted by atomic mass is 10.1. The van der Waals surface area contributed by atoms with E-state index in [4.69, 9.17) is 4.43 Å². The van der Waals surface area contributed by atoms with Gasteiger partial charge in [-0.25, -0.2) is 9.69 Å². The van der Waals surface area contributed by atoms with Gasteiger partial charge in [0.25, 0.3) is 8.32 Å². The van der Waals surface area contributed by atoms with E-state index in [2.05, 4.69) is 45.0 Å². The van der Waals surface area contributed by atoms with Crippen LogP contribution in [0.4, 0.5) is 4.79 Å². The third kappa shape index (κ3) is 3.75. The van der Waals surface area contributed by atoms with Gasteiger partial charge in [-0.2, -0.15) is 0 Å². The first-order chi connectivity index (χ1) is 13.3. The predicted molar refractivity (Wildman–Crippen MR) is 111 cm³/mol. The molecule has 3 rings (SSSR count). The zero-order valence-corrected chi connectivity index (χ0v) is 17.6. The average molecular weight is 398 g/mol. The summed E-state index contributed by atoms with van der Waals surface area (Å²) in [5.74, 6) is -0.352. The smallest absolute Gasteiger partial charge is 0.414 e. The number of imide groups is 1. The summed E-state index contributed by atoms with van der Waals surface area (Å²) in [6.45, 7) is 6.63. The largest absolute Gasteiger partial charge is 0.465 e. The molecule has 1 aliphatic rings. The van der Waals surface area contributed by atoms with Crippen LogP contribution in [0.25, 0.3) is 0 Å². The van der Waals surface area contributed by atoms with Crippen LogP contribution >= 0.6 is 0 Å². The van der Waals surface area contributed by atoms with Crippen LogP contribution < -0.4 is 10.4 Å². The summed E-state index contributed by atoms with van der Waals surface area (Å²) in [4.78, 5) is 24.4. The molecule has 28 heavy (non-hydrogen) atoms. The number of rotatable bonds is 4. The van der Waals surface area contributed by atoms with Gasteiger partial charge in [0.1, 0.15) is 0 Å². The van der Waals surface area contributed by atoms with E-state index in [-0.39, 0.29) is 30.0 Å². The summed E-state index contributed by atoms with van der Waals surface area (Å²) in [5.41, 5.74) is 0. The fraction of sp³-hybridized carbons (Fsp3) is 0.364. The molecule has 0 aromatic heterocycles. The molecule has 1 unspecified atom stereocenters. The number of hydrogen-bond acceptors (Lipinski definition) is 3. The number of carbonyl (C=O) groups excluding carboxylic acids is 1. The highest BCUT2D eigenvalue weighted by atomic mass is 28.4. The van der Waals surface area contributed by atoms with Gasteiger partial charge in [-0.3, -0.25) is 4.79 Å². The van der Waals surface area contributed by atoms with E-state index in [1.54, 1.807) is 0 Å². The summed E-state index contributed by atoms with van der Waals surface area (Å²) in [6.07, 6.45) is -0.803. The Labute approximate surface area is 167 Å². The van der Waals surface area contributed by atoms with Crippen molar-refractivity contribution in [1.82, 2.24) is 4.90 Å². The van der Waals surface area contributed by atoms with E-state index in [9.17, 15) is 14.7 Å². The highest BCUT2D eigenvalue weighted by molar-refractivity contribution is 6.99. The Hall–Kier alpha value is -2.44. The molecule has 148 valence electrons. The molecule has 1 N–H and O–H groups in total. The Bertz CT molecular complexity index is 793. The van der Waals surface area contributed by atoms with Gasteiger partial charge in [0, 0.05) is 6.42 Å². The molecule has 2 aromatic rings. The Morgan fingerprint density at radius 1 is 1.04 bits per heavy atom. The van der Waals surface area contributed by atoms with Crippen molar-refractivity contribution in [2.24, 2.45) is 0 Å². The van der Waals surface area contributed by atoms with E-state index < -0.39 is 14.4 Å². The van der Waals surface area contributed by atoms with Gasteiger partial charge in [0.2, 0.25) is 5.91 Å². The molecule has 0 spiro atoms. The van der Waals surface area contributed by atoms with Crippen LogP contribution in [0.2, 0.25) is 5.04 Å². The number of carbonyl (C=O) groups is 2. The van der Waals surface area contributed by atoms with E-state index in [0.29, 0.717) is 6.42 Å². The molecule has 1 aliphatic heterocycles. The second-order valence-corrected chi connectivity index (χ2v) is 12.5. The summed E-state index contributed by atoms with van der Waals surface area (Å²) < 4.78 is 6.93. The molecule has 0 bridgehead atoms. The van der Waals surface area contributed by atoms with Crippen LogP contribution in [-0.4, -0.2) is 43.0 Å². The molecule has 0 saturated carbocycles. The summed E-state index contributed by atoms with van der Waals surface area (Å²) in [7, 11) is -2.75. The van der Waals surface area contributed by atoms with Crippen molar-refractivity contribution in [3.63, 3.8) is 0 Å². The maximum Gasteiger partial charge on any atom is 0.414 e. The number of hydrogen-bond donors (Lipinski definition) is 1. The molecule has 5 nitrogen and oxygen atoms in total. The van der Waals surface area contributed by atoms with Gasteiger partial charge in [0.15, 0.2) is 0 Å². The summed E-state index contributed by atoms with van der Waals surface area (Å²) >= 11 is 0. The maximum absolute atomic E-state index is 12.0. The van der Waals surface area contributed by atoms with Crippen molar-refractivity contribution < 1.29 is 19.1 Å². The lowest BCUT2D eigenvalue weighted by Gasteiger charge is -2.46. The Kier molecular flexibility index (Phi) is 5.72. The van der Waals surface area contributed by atoms with Crippen LogP contribution in [-0.2, 0) is 9.22 Å². The van der Waals surface area contributed by atoms with Crippen molar-refractivity contribution in [2.75, 3.05) is 6.54 Å². The van der Waals surface area contributed by atoms with Crippen LogP contribution in [0.1, 0.15) is 33.6 Å². The van der Waals surface area contributed by atoms with Crippen molar-refractivity contribution in [3.05, 3.63) is 60.7 Å². The molecule has 1 atom stereocenters. The fourth-order valence-corrected chi connectivity index (χ4v) is 8.75. The summed E-state index contributed by atoms with van der Waals surface area (Å²) in [5, 5.41) is 11.5. The van der Waals surface area contributed by atoms with Crippen molar-refractivity contribution in [2.45, 2.75) is 44.8 Å². The van der Waals surface area contributed by atoms with E-state index in [0.717, 1.165) is 15.3 Å². The average Bonchev–Trinajstić information content (AvgIpc) is 2.67. The van der Waals surface area contributed by atoms with Gasteiger partial charge in [-0.15, -0.1) is 0 Å². The van der Waals surface area contributed by atoms with Gasteiger partial charge < -0.3 is 9.53 Å². The monoisotopic (exact) mass is 397 g/mol. The molecule has 2 aromatic carbocycles. The van der Waals surface area contributed by atoms with E-state index in [1.165, 1.54) is 0 Å². The number of piperidine rings is 1. The molecule has 1 saturated heterocycles. The minimum atomic E-state index is -2.75. The molecular weight excluding hydrogens is 370 g/mol. The molecule has 2 amide bonds. The van der Waals surface area contributed by atoms with Gasteiger partial charge in [0.05, 0.1) is 12.6 Å². The quantitative estimate of drug-likeness (QED) is 0.805. The molecule has 0 radical (unpaired) electrons. The first kappa shape index (κ1) is 20.3. The topological polar surface area (TPSA) is 66.8 Å². The SMILES string of the molecule is CC(C)(C)[Si](OC1CCC(=O)N(C(=O)O)C1)(c1ccccc1)c1ccccc1. The molecular formula is C22H27NO4Si. The third-order valence-corrected chi connectivity index (χ3v) is 10.5. The zero-order valence-electron chi connectivity index (χ0n) is 16.6. The third-order valence-electron chi connectivity index (χ3n) is 5.36. The number of benzene rings is 2. The van der Waals surface area contributed by atoms with Crippen LogP contribution in [0.15, 0.2) is 60.7 Å². The molecule has 1 fully saturated rings. The van der Waals surface area contributed by atoms with Crippen molar-refractivity contribution >= 4 is 30.7 Å². The van der Waals surface area contributed by atoms with Crippen LogP contribution in [0.3, 0.4) is 0 Å². The molecule has 6 heteroatoms. The van der Waals surface area contributed by atoms with Gasteiger partial charge in [-0.05, 0) is 21.8 Å². The zero-order chi connectivity index (χ0) is 20.4. The fourth-order valence-electron chi connectivity index (χ4n) is 4.04. The van der Waals surface area contributed by atoms with Crippen LogP contribution in [0.5, 0.6) is 0 Å². The lowest BCUT2D eigenvalue weighted by Crippen LogP contribution is -2.68. The normalized spacial score (nSPS) is 18.2. The Morgan fingerprint density at radius 3 is 1.96 bits per heavy atom. The summed E-state index contributed by atoms with van der Waals surface area (Å²) in [6, 6.07) is 20.5. The first-order valence-corrected chi connectivity index (χ1v) is 11.5. The lowest BCUT2D eigenvalue weighted by molar-refractivity contribution is -0.133. The number of likely N-dealkylation sites (tertiary alicyclic amines) is 1. The van der Waals surface area contributed by atoms with Crippen LogP contribution in [0, 0.1) is 0 Å². The Balaban J connectivity index is 2.09. The molecule has 0 aliphatic carbocycles. The van der Waals surface area contributed by atoms with E-state index in [1.807, 2.05) is 36.4 Å². The standard InChI is InChI=1S/C22H27NO4Si/c1-22(2,3)28(18-10-6-4-7-11-18,19-12-8-5-9-13-19)27-17-14-15-20(24)23(16-17)21(25)26/h4-13,17H,14-16H2,1-3H3,(H,25,26). The number of amides is 2. The van der Waals surface area contributed by atoms with Gasteiger partial charge in [-0.1, -0.05) is 81.4 Å². The first-order valence-electron chi connectivity index (χ1n) is 9.58. The second-order valence-electron chi connectivity index (χ2n) is 8.23.